The molecule has 2 aliphatic heterocycles. The minimum absolute atomic E-state index is 0.209. The third-order valence-electron chi connectivity index (χ3n) is 4.53. The van der Waals surface area contributed by atoms with Crippen molar-refractivity contribution in [2.75, 3.05) is 0 Å². The molecule has 1 fully saturated rings. The Bertz CT molecular complexity index is 718. The monoisotopic (exact) mass is 316 g/mol. The molecule has 1 N–H and O–H groups in total. The molecule has 4 nitrogen and oxygen atoms in total. The summed E-state index contributed by atoms with van der Waals surface area (Å²) < 4.78 is 14.3. The smallest absolute Gasteiger partial charge is 0.255 e. The van der Waals surface area contributed by atoms with Crippen LogP contribution in [0.2, 0.25) is 0 Å². The summed E-state index contributed by atoms with van der Waals surface area (Å²) in [5.41, 5.74) is 2.09. The molecule has 122 valence electrons. The SMILES string of the molecule is C=C1CC[C@H](N2Cc3cc(C(C)(C)C)c(F)cc3C2=O)C(=O)N1. The molecule has 23 heavy (non-hydrogen) atoms. The van der Waals surface area contributed by atoms with E-state index in [-0.39, 0.29) is 23.0 Å². The summed E-state index contributed by atoms with van der Waals surface area (Å²) >= 11 is 0. The summed E-state index contributed by atoms with van der Waals surface area (Å²) in [5.74, 6) is -0.848. The topological polar surface area (TPSA) is 49.4 Å². The maximum Gasteiger partial charge on any atom is 0.255 e. The van der Waals surface area contributed by atoms with Gasteiger partial charge in [0.05, 0.1) is 0 Å². The quantitative estimate of drug-likeness (QED) is 0.866. The Morgan fingerprint density at radius 2 is 2.00 bits per heavy atom. The lowest BCUT2D eigenvalue weighted by molar-refractivity contribution is -0.126. The predicted molar refractivity (Wildman–Crippen MR) is 85.3 cm³/mol. The third-order valence-corrected chi connectivity index (χ3v) is 4.53. The van der Waals surface area contributed by atoms with Crippen LogP contribution in [-0.4, -0.2) is 22.8 Å². The number of rotatable bonds is 1. The molecule has 0 aromatic heterocycles. The molecule has 5 heteroatoms. The van der Waals surface area contributed by atoms with Crippen molar-refractivity contribution in [2.45, 2.75) is 51.6 Å². The van der Waals surface area contributed by atoms with E-state index in [1.54, 1.807) is 6.07 Å². The van der Waals surface area contributed by atoms with Gasteiger partial charge in [-0.25, -0.2) is 4.39 Å². The van der Waals surface area contributed by atoms with E-state index < -0.39 is 6.04 Å². The van der Waals surface area contributed by atoms with Crippen molar-refractivity contribution in [3.8, 4) is 0 Å². The molecule has 0 spiro atoms. The van der Waals surface area contributed by atoms with Crippen LogP contribution in [0, 0.1) is 5.82 Å². The molecule has 0 aliphatic carbocycles. The summed E-state index contributed by atoms with van der Waals surface area (Å²) in [6.07, 6.45) is 1.21. The van der Waals surface area contributed by atoms with Gasteiger partial charge in [-0.15, -0.1) is 0 Å². The minimum Gasteiger partial charge on any atom is -0.329 e. The van der Waals surface area contributed by atoms with Crippen LogP contribution >= 0.6 is 0 Å². The Balaban J connectivity index is 1.93. The predicted octanol–water partition coefficient (Wildman–Crippen LogP) is 2.87. The fourth-order valence-corrected chi connectivity index (χ4v) is 3.24. The van der Waals surface area contributed by atoms with E-state index in [0.29, 0.717) is 36.2 Å². The number of fused-ring (bicyclic) bond motifs is 1. The van der Waals surface area contributed by atoms with Crippen LogP contribution in [0.1, 0.15) is 55.1 Å². The van der Waals surface area contributed by atoms with Crippen LogP contribution in [0.25, 0.3) is 0 Å². The molecule has 2 heterocycles. The average molecular weight is 316 g/mol. The average Bonchev–Trinajstić information content (AvgIpc) is 2.74. The van der Waals surface area contributed by atoms with Crippen LogP contribution in [0.3, 0.4) is 0 Å². The molecule has 1 saturated heterocycles. The zero-order valence-electron chi connectivity index (χ0n) is 13.7. The number of halogens is 1. The molecule has 3 rings (SSSR count). The Kier molecular flexibility index (Phi) is 3.54. The van der Waals surface area contributed by atoms with E-state index in [0.717, 1.165) is 5.56 Å². The summed E-state index contributed by atoms with van der Waals surface area (Å²) in [6, 6.07) is 2.57. The highest BCUT2D eigenvalue weighted by molar-refractivity contribution is 6.01. The summed E-state index contributed by atoms with van der Waals surface area (Å²) in [6.45, 7) is 9.91. The molecule has 0 unspecified atom stereocenters. The Morgan fingerprint density at radius 3 is 2.61 bits per heavy atom. The second-order valence-corrected chi connectivity index (χ2v) is 7.32. The first-order valence-electron chi connectivity index (χ1n) is 7.81. The first kappa shape index (κ1) is 15.7. The number of nitrogens with zero attached hydrogens (tertiary/aromatic N) is 1. The maximum absolute atomic E-state index is 14.3. The molecule has 2 aliphatic rings. The number of carbonyl (C=O) groups excluding carboxylic acids is 2. The standard InChI is InChI=1S/C18H21FN2O2/c1-10-5-6-15(16(22)20-10)21-9-11-7-13(18(2,3)4)14(19)8-12(11)17(21)23/h7-8,15H,1,5-6,9H2,2-4H3,(H,20,22)/t15-/m0/s1. The molecular formula is C18H21FN2O2. The molecule has 0 radical (unpaired) electrons. The summed E-state index contributed by atoms with van der Waals surface area (Å²) in [5, 5.41) is 2.70. The minimum atomic E-state index is -0.512. The van der Waals surface area contributed by atoms with Gasteiger partial charge in [0.2, 0.25) is 5.91 Å². The number of amides is 2. The van der Waals surface area contributed by atoms with Crippen molar-refractivity contribution >= 4 is 11.8 Å². The van der Waals surface area contributed by atoms with Gasteiger partial charge in [0.15, 0.2) is 0 Å². The Labute approximate surface area is 135 Å². The maximum atomic E-state index is 14.3. The Hall–Kier alpha value is -2.17. The summed E-state index contributed by atoms with van der Waals surface area (Å²) in [4.78, 5) is 26.3. The van der Waals surface area contributed by atoms with Crippen molar-refractivity contribution in [2.24, 2.45) is 0 Å². The van der Waals surface area contributed by atoms with Gasteiger partial charge in [-0.3, -0.25) is 9.59 Å². The highest BCUT2D eigenvalue weighted by atomic mass is 19.1. The highest BCUT2D eigenvalue weighted by Gasteiger charge is 2.39. The van der Waals surface area contributed by atoms with Crippen molar-refractivity contribution in [3.05, 3.63) is 46.9 Å². The molecule has 1 aromatic rings. The van der Waals surface area contributed by atoms with Gasteiger partial charge in [-0.1, -0.05) is 27.4 Å². The number of piperidine rings is 1. The van der Waals surface area contributed by atoms with Gasteiger partial charge >= 0.3 is 0 Å². The van der Waals surface area contributed by atoms with E-state index in [2.05, 4.69) is 11.9 Å². The lowest BCUT2D eigenvalue weighted by atomic mass is 9.85. The van der Waals surface area contributed by atoms with Crippen molar-refractivity contribution in [1.82, 2.24) is 10.2 Å². The molecule has 0 bridgehead atoms. The van der Waals surface area contributed by atoms with E-state index in [1.165, 1.54) is 11.0 Å². The van der Waals surface area contributed by atoms with Crippen LogP contribution in [0.5, 0.6) is 0 Å². The normalized spacial score (nSPS) is 21.5. The van der Waals surface area contributed by atoms with E-state index in [1.807, 2.05) is 20.8 Å². The third kappa shape index (κ3) is 2.64. The van der Waals surface area contributed by atoms with Crippen LogP contribution in [0.4, 0.5) is 4.39 Å². The second-order valence-electron chi connectivity index (χ2n) is 7.32. The summed E-state index contributed by atoms with van der Waals surface area (Å²) in [7, 11) is 0. The van der Waals surface area contributed by atoms with E-state index in [9.17, 15) is 14.0 Å². The molecule has 2 amide bonds. The van der Waals surface area contributed by atoms with Gasteiger partial charge in [-0.2, -0.15) is 0 Å². The Morgan fingerprint density at radius 1 is 1.30 bits per heavy atom. The van der Waals surface area contributed by atoms with Gasteiger partial charge in [0.25, 0.3) is 5.91 Å². The first-order chi connectivity index (χ1) is 10.7. The van der Waals surface area contributed by atoms with Crippen molar-refractivity contribution in [1.29, 1.82) is 0 Å². The molecule has 0 saturated carbocycles. The fourth-order valence-electron chi connectivity index (χ4n) is 3.24. The van der Waals surface area contributed by atoms with Crippen LogP contribution in [0.15, 0.2) is 24.4 Å². The largest absolute Gasteiger partial charge is 0.329 e. The molecule has 1 aromatic carbocycles. The van der Waals surface area contributed by atoms with Crippen LogP contribution in [-0.2, 0) is 16.8 Å². The highest BCUT2D eigenvalue weighted by Crippen LogP contribution is 2.33. The second kappa shape index (κ2) is 5.18. The lowest BCUT2D eigenvalue weighted by Gasteiger charge is -2.30. The fraction of sp³-hybridized carbons (Fsp3) is 0.444. The van der Waals surface area contributed by atoms with Crippen molar-refractivity contribution < 1.29 is 14.0 Å². The number of benzene rings is 1. The molecule has 1 atom stereocenters. The molecular weight excluding hydrogens is 295 g/mol. The van der Waals surface area contributed by atoms with Gasteiger partial charge < -0.3 is 10.2 Å². The number of nitrogens with one attached hydrogen (secondary N) is 1. The van der Waals surface area contributed by atoms with Crippen LogP contribution < -0.4 is 5.32 Å². The number of carbonyl (C=O) groups is 2. The zero-order chi connectivity index (χ0) is 16.9. The lowest BCUT2D eigenvalue weighted by Crippen LogP contribution is -2.49. The van der Waals surface area contributed by atoms with E-state index >= 15 is 0 Å². The number of allylic oxidation sites excluding steroid dienone is 1. The zero-order valence-corrected chi connectivity index (χ0v) is 13.7. The van der Waals surface area contributed by atoms with Gasteiger partial charge in [-0.05, 0) is 41.5 Å². The number of hydrogen-bond acceptors (Lipinski definition) is 2. The van der Waals surface area contributed by atoms with E-state index in [4.69, 9.17) is 0 Å². The first-order valence-corrected chi connectivity index (χ1v) is 7.81. The van der Waals surface area contributed by atoms with Gasteiger partial charge in [0.1, 0.15) is 11.9 Å². The van der Waals surface area contributed by atoms with Gasteiger partial charge in [0, 0.05) is 17.8 Å². The number of hydrogen-bond donors (Lipinski definition) is 1. The van der Waals surface area contributed by atoms with Crippen molar-refractivity contribution in [3.63, 3.8) is 0 Å².